The monoisotopic (exact) mass is 524 g/mol. The first kappa shape index (κ1) is 24.5. The Labute approximate surface area is 223 Å². The van der Waals surface area contributed by atoms with Crippen molar-refractivity contribution in [2.24, 2.45) is 23.7 Å². The van der Waals surface area contributed by atoms with Gasteiger partial charge < -0.3 is 9.47 Å². The Hall–Kier alpha value is -4.79. The molecule has 3 aromatic carbocycles. The number of non-ortho nitro benzene ring substituents is 1. The van der Waals surface area contributed by atoms with Gasteiger partial charge in [0.25, 0.3) is 5.69 Å². The van der Waals surface area contributed by atoms with E-state index in [1.807, 2.05) is 6.92 Å². The minimum atomic E-state index is -0.526. The summed E-state index contributed by atoms with van der Waals surface area (Å²) in [5.41, 5.74) is 2.71. The Bertz CT molecular complexity index is 1510. The fourth-order valence-corrected chi connectivity index (χ4v) is 5.93. The molecule has 3 aliphatic rings. The molecule has 0 N–H and O–H groups in total. The number of anilines is 1. The average molecular weight is 525 g/mol. The highest BCUT2D eigenvalue weighted by Gasteiger charge is 2.60. The van der Waals surface area contributed by atoms with Crippen LogP contribution in [0.25, 0.3) is 0 Å². The number of ether oxygens (including phenoxy) is 2. The van der Waals surface area contributed by atoms with Crippen molar-refractivity contribution >= 4 is 29.2 Å². The van der Waals surface area contributed by atoms with Gasteiger partial charge in [-0.2, -0.15) is 0 Å². The van der Waals surface area contributed by atoms with E-state index < -0.39 is 10.9 Å². The van der Waals surface area contributed by atoms with Gasteiger partial charge in [0.2, 0.25) is 11.8 Å². The van der Waals surface area contributed by atoms with E-state index in [0.717, 1.165) is 12.0 Å². The number of rotatable bonds is 7. The van der Waals surface area contributed by atoms with Crippen LogP contribution >= 0.6 is 0 Å². The number of hydrogen-bond acceptors (Lipinski definition) is 7. The van der Waals surface area contributed by atoms with E-state index in [0.29, 0.717) is 22.7 Å². The predicted octanol–water partition coefficient (Wildman–Crippen LogP) is 5.45. The average Bonchev–Trinajstić information content (AvgIpc) is 3.58. The van der Waals surface area contributed by atoms with E-state index in [1.54, 1.807) is 48.5 Å². The molecule has 2 bridgehead atoms. The van der Waals surface area contributed by atoms with Gasteiger partial charge in [-0.05, 0) is 79.3 Å². The molecule has 1 saturated carbocycles. The van der Waals surface area contributed by atoms with Gasteiger partial charge in [-0.3, -0.25) is 24.6 Å². The maximum absolute atomic E-state index is 13.1. The van der Waals surface area contributed by atoms with Gasteiger partial charge in [0.15, 0.2) is 0 Å². The van der Waals surface area contributed by atoms with Crippen molar-refractivity contribution < 1.29 is 28.8 Å². The number of amides is 2. The van der Waals surface area contributed by atoms with Gasteiger partial charge in [-0.15, -0.1) is 0 Å². The van der Waals surface area contributed by atoms with Crippen LogP contribution < -0.4 is 9.64 Å². The Morgan fingerprint density at radius 3 is 2.18 bits per heavy atom. The number of esters is 1. The molecule has 4 atom stereocenters. The standard InChI is InChI=1S/C30H24N2O7/c1-17-14-20-15-25(17)27-26(20)28(33)31(29(27)34)21-6-4-19(5-7-21)30(35)38-16-18-2-10-23(11-3-18)39-24-12-8-22(9-13-24)32(36)37/h2-14,20,25-27H,15-16H2,1H3. The number of fused-ring (bicyclic) bond motifs is 5. The highest BCUT2D eigenvalue weighted by Crippen LogP contribution is 2.55. The first-order valence-electron chi connectivity index (χ1n) is 12.6. The molecule has 2 amide bonds. The third-order valence-corrected chi connectivity index (χ3v) is 7.82. The molecule has 6 rings (SSSR count). The summed E-state index contributed by atoms with van der Waals surface area (Å²) >= 11 is 0. The quantitative estimate of drug-likeness (QED) is 0.133. The number of benzene rings is 3. The summed E-state index contributed by atoms with van der Waals surface area (Å²) in [5.74, 6) is -0.103. The molecule has 1 aliphatic heterocycles. The van der Waals surface area contributed by atoms with Gasteiger partial charge in [0.05, 0.1) is 28.0 Å². The summed E-state index contributed by atoms with van der Waals surface area (Å²) in [4.78, 5) is 50.4. The van der Waals surface area contributed by atoms with Crippen molar-refractivity contribution in [2.75, 3.05) is 4.90 Å². The molecule has 2 fully saturated rings. The third kappa shape index (κ3) is 4.35. The Balaban J connectivity index is 1.05. The van der Waals surface area contributed by atoms with Crippen LogP contribution in [0.15, 0.2) is 84.4 Å². The van der Waals surface area contributed by atoms with E-state index in [9.17, 15) is 24.5 Å². The molecule has 9 heteroatoms. The van der Waals surface area contributed by atoms with E-state index in [1.165, 1.54) is 34.7 Å². The molecule has 39 heavy (non-hydrogen) atoms. The van der Waals surface area contributed by atoms with Crippen molar-refractivity contribution in [2.45, 2.75) is 20.0 Å². The van der Waals surface area contributed by atoms with Crippen molar-refractivity contribution in [3.05, 3.63) is 106 Å². The zero-order chi connectivity index (χ0) is 27.3. The minimum absolute atomic E-state index is 0.0196. The first-order chi connectivity index (χ1) is 18.8. The molecular weight excluding hydrogens is 500 g/mol. The van der Waals surface area contributed by atoms with Crippen LogP contribution in [0.5, 0.6) is 11.5 Å². The maximum atomic E-state index is 13.1. The molecule has 1 saturated heterocycles. The van der Waals surface area contributed by atoms with E-state index in [-0.39, 0.29) is 47.8 Å². The van der Waals surface area contributed by atoms with Gasteiger partial charge in [0, 0.05) is 12.1 Å². The van der Waals surface area contributed by atoms with Crippen molar-refractivity contribution in [3.8, 4) is 11.5 Å². The number of carbonyl (C=O) groups is 3. The summed E-state index contributed by atoms with van der Waals surface area (Å²) in [6.45, 7) is 2.08. The van der Waals surface area contributed by atoms with Crippen LogP contribution in [0.3, 0.4) is 0 Å². The van der Waals surface area contributed by atoms with Crippen LogP contribution in [0.1, 0.15) is 29.3 Å². The second-order valence-corrected chi connectivity index (χ2v) is 10.1. The van der Waals surface area contributed by atoms with Gasteiger partial charge in [-0.25, -0.2) is 4.79 Å². The molecule has 196 valence electrons. The lowest BCUT2D eigenvalue weighted by atomic mass is 9.82. The lowest BCUT2D eigenvalue weighted by Crippen LogP contribution is -2.32. The molecule has 3 aromatic rings. The summed E-state index contributed by atoms with van der Waals surface area (Å²) in [6, 6.07) is 19.0. The van der Waals surface area contributed by atoms with Gasteiger partial charge in [-0.1, -0.05) is 23.8 Å². The maximum Gasteiger partial charge on any atom is 0.338 e. The topological polar surface area (TPSA) is 116 Å². The second kappa shape index (κ2) is 9.50. The Morgan fingerprint density at radius 2 is 1.54 bits per heavy atom. The smallest absolute Gasteiger partial charge is 0.338 e. The highest BCUT2D eigenvalue weighted by molar-refractivity contribution is 6.23. The number of carbonyl (C=O) groups excluding carboxylic acids is 3. The van der Waals surface area contributed by atoms with Gasteiger partial charge in [0.1, 0.15) is 18.1 Å². The molecule has 2 aliphatic carbocycles. The number of allylic oxidation sites excluding steroid dienone is 2. The fraction of sp³-hybridized carbons (Fsp3) is 0.233. The van der Waals surface area contributed by atoms with E-state index in [4.69, 9.17) is 9.47 Å². The second-order valence-electron chi connectivity index (χ2n) is 10.1. The summed E-state index contributed by atoms with van der Waals surface area (Å²) in [5, 5.41) is 10.8. The third-order valence-electron chi connectivity index (χ3n) is 7.82. The Kier molecular flexibility index (Phi) is 5.98. The molecule has 0 radical (unpaired) electrons. The van der Waals surface area contributed by atoms with Crippen LogP contribution in [0.4, 0.5) is 11.4 Å². The van der Waals surface area contributed by atoms with Crippen LogP contribution in [0.2, 0.25) is 0 Å². The SMILES string of the molecule is CC1=CC2CC1C1C(=O)N(c3ccc(C(=O)OCc4ccc(Oc5ccc([N+](=O)[O-])cc5)cc4)cc3)C(=O)C21. The minimum Gasteiger partial charge on any atom is -0.457 e. The number of hydrogen-bond donors (Lipinski definition) is 0. The van der Waals surface area contributed by atoms with E-state index >= 15 is 0 Å². The molecule has 0 spiro atoms. The molecule has 0 aromatic heterocycles. The van der Waals surface area contributed by atoms with Crippen molar-refractivity contribution in [1.29, 1.82) is 0 Å². The van der Waals surface area contributed by atoms with E-state index in [2.05, 4.69) is 6.08 Å². The van der Waals surface area contributed by atoms with Gasteiger partial charge >= 0.3 is 5.97 Å². The molecule has 4 unspecified atom stereocenters. The molecule has 9 nitrogen and oxygen atoms in total. The lowest BCUT2D eigenvalue weighted by Gasteiger charge is -2.19. The predicted molar refractivity (Wildman–Crippen MR) is 140 cm³/mol. The summed E-state index contributed by atoms with van der Waals surface area (Å²) in [6.07, 6.45) is 3.02. The normalized spacial score (nSPS) is 23.0. The van der Waals surface area contributed by atoms with Crippen LogP contribution in [-0.4, -0.2) is 22.7 Å². The largest absolute Gasteiger partial charge is 0.457 e. The zero-order valence-electron chi connectivity index (χ0n) is 21.0. The van der Waals surface area contributed by atoms with Crippen LogP contribution in [0, 0.1) is 33.8 Å². The fourth-order valence-electron chi connectivity index (χ4n) is 5.93. The number of imide groups is 1. The summed E-state index contributed by atoms with van der Waals surface area (Å²) < 4.78 is 11.1. The van der Waals surface area contributed by atoms with Crippen LogP contribution in [-0.2, 0) is 20.9 Å². The number of nitro groups is 1. The zero-order valence-corrected chi connectivity index (χ0v) is 21.0. The highest BCUT2D eigenvalue weighted by atomic mass is 16.6. The summed E-state index contributed by atoms with van der Waals surface area (Å²) in [7, 11) is 0. The van der Waals surface area contributed by atoms with Crippen molar-refractivity contribution in [3.63, 3.8) is 0 Å². The Morgan fingerprint density at radius 1 is 0.923 bits per heavy atom. The van der Waals surface area contributed by atoms with Crippen molar-refractivity contribution in [1.82, 2.24) is 0 Å². The molecule has 1 heterocycles. The number of nitrogens with zero attached hydrogens (tertiary/aromatic N) is 2. The molecular formula is C30H24N2O7. The lowest BCUT2D eigenvalue weighted by molar-refractivity contribution is -0.384. The first-order valence-corrected chi connectivity index (χ1v) is 12.6. The number of nitro benzene ring substituents is 1.